The Morgan fingerprint density at radius 2 is 1.22 bits per heavy atom. The average molecular weight is 645 g/mol. The molecule has 0 saturated heterocycles. The fourth-order valence-electron chi connectivity index (χ4n) is 7.49. The van der Waals surface area contributed by atoms with Crippen molar-refractivity contribution in [3.8, 4) is 5.69 Å². The third-order valence-corrected chi connectivity index (χ3v) is 10.8. The Hall–Kier alpha value is -6.23. The van der Waals surface area contributed by atoms with Gasteiger partial charge in [0.25, 0.3) is 0 Å². The summed E-state index contributed by atoms with van der Waals surface area (Å²) in [6, 6.07) is 55.0. The maximum atomic E-state index is 9.05. The number of fused-ring (bicyclic) bond motifs is 12. The molecule has 0 fully saturated rings. The zero-order valence-corrected chi connectivity index (χ0v) is 27.2. The van der Waals surface area contributed by atoms with Gasteiger partial charge in [-0.1, -0.05) is 127 Å². The average Bonchev–Trinajstić information content (AvgIpc) is 3.84. The van der Waals surface area contributed by atoms with E-state index in [1.54, 1.807) is 0 Å². The Morgan fingerprint density at radius 1 is 0.571 bits per heavy atom. The minimum atomic E-state index is 0.475. The van der Waals surface area contributed by atoms with Crippen molar-refractivity contribution in [2.75, 3.05) is 0 Å². The van der Waals surface area contributed by atoms with E-state index in [1.807, 2.05) is 53.8 Å². The summed E-state index contributed by atoms with van der Waals surface area (Å²) in [7, 11) is 0. The summed E-state index contributed by atoms with van der Waals surface area (Å²) in [5.41, 5.74) is 9.75. The van der Waals surface area contributed by atoms with Gasteiger partial charge in [-0.15, -0.1) is 11.3 Å². The molecule has 1 N–H and O–H groups in total. The van der Waals surface area contributed by atoms with Gasteiger partial charge in [-0.2, -0.15) is 0 Å². The van der Waals surface area contributed by atoms with Crippen LogP contribution in [-0.4, -0.2) is 10.3 Å². The van der Waals surface area contributed by atoms with E-state index < -0.39 is 0 Å². The minimum Gasteiger partial charge on any atom is -0.455 e. The monoisotopic (exact) mass is 644 g/mol. The summed E-state index contributed by atoms with van der Waals surface area (Å²) in [4.78, 5) is 0. The van der Waals surface area contributed by atoms with Crippen LogP contribution in [0.25, 0.3) is 75.2 Å². The largest absolute Gasteiger partial charge is 0.455 e. The zero-order valence-electron chi connectivity index (χ0n) is 26.4. The van der Waals surface area contributed by atoms with Crippen molar-refractivity contribution in [3.63, 3.8) is 0 Å². The molecule has 7 aromatic carbocycles. The normalized spacial score (nSPS) is 12.3. The predicted octanol–water partition coefficient (Wildman–Crippen LogP) is 12.6. The Labute approximate surface area is 286 Å². The molecular formula is C45H28N2OS. The molecule has 10 aromatic rings. The number of nitrogens with zero attached hydrogens (tertiary/aromatic N) is 1. The lowest BCUT2D eigenvalue weighted by molar-refractivity contribution is 0.673. The number of rotatable bonds is 5. The van der Waals surface area contributed by atoms with Crippen LogP contribution in [0.4, 0.5) is 0 Å². The Balaban J connectivity index is 1.32. The quantitative estimate of drug-likeness (QED) is 0.186. The van der Waals surface area contributed by atoms with Gasteiger partial charge in [0, 0.05) is 42.7 Å². The number of allylic oxidation sites excluding steroid dienone is 1. The maximum Gasteiger partial charge on any atom is 0.145 e. The summed E-state index contributed by atoms with van der Waals surface area (Å²) >= 11 is 1.83. The van der Waals surface area contributed by atoms with Crippen LogP contribution in [0.15, 0.2) is 168 Å². The Bertz CT molecular complexity index is 2940. The highest BCUT2D eigenvalue weighted by molar-refractivity contribution is 7.27. The number of furan rings is 1. The van der Waals surface area contributed by atoms with Crippen LogP contribution in [0.2, 0.25) is 0 Å². The summed E-state index contributed by atoms with van der Waals surface area (Å²) < 4.78 is 11.6. The molecule has 3 nitrogen and oxygen atoms in total. The van der Waals surface area contributed by atoms with Crippen LogP contribution in [0.1, 0.15) is 16.7 Å². The van der Waals surface area contributed by atoms with Crippen LogP contribution in [-0.2, 0) is 0 Å². The minimum absolute atomic E-state index is 0.475. The van der Waals surface area contributed by atoms with Crippen molar-refractivity contribution < 1.29 is 4.42 Å². The van der Waals surface area contributed by atoms with Gasteiger partial charge >= 0.3 is 0 Å². The third kappa shape index (κ3) is 4.24. The summed E-state index contributed by atoms with van der Waals surface area (Å²) in [6.07, 6.45) is 2.00. The van der Waals surface area contributed by atoms with E-state index in [4.69, 9.17) is 9.83 Å². The van der Waals surface area contributed by atoms with Crippen LogP contribution in [0.3, 0.4) is 0 Å². The topological polar surface area (TPSA) is 41.9 Å². The van der Waals surface area contributed by atoms with E-state index in [0.717, 1.165) is 55.4 Å². The van der Waals surface area contributed by atoms with Crippen molar-refractivity contribution in [1.82, 2.24) is 4.57 Å². The first kappa shape index (κ1) is 27.8. The predicted molar refractivity (Wildman–Crippen MR) is 208 cm³/mol. The molecule has 0 amide bonds. The van der Waals surface area contributed by atoms with Gasteiger partial charge in [-0.05, 0) is 58.7 Å². The van der Waals surface area contributed by atoms with Gasteiger partial charge in [0.05, 0.1) is 21.4 Å². The molecule has 4 heteroatoms. The van der Waals surface area contributed by atoms with Crippen molar-refractivity contribution in [2.45, 2.75) is 0 Å². The first-order chi connectivity index (χ1) is 24.2. The van der Waals surface area contributed by atoms with Crippen LogP contribution in [0, 0.1) is 5.41 Å². The Kier molecular flexibility index (Phi) is 6.20. The number of hydrogen-bond donors (Lipinski definition) is 1. The molecule has 3 heterocycles. The molecule has 0 unspecified atom stereocenters. The van der Waals surface area contributed by atoms with Gasteiger partial charge in [0.15, 0.2) is 0 Å². The highest BCUT2D eigenvalue weighted by atomic mass is 32.1. The molecule has 0 spiro atoms. The summed E-state index contributed by atoms with van der Waals surface area (Å²) in [5.74, 6) is 0. The Morgan fingerprint density at radius 3 is 2.04 bits per heavy atom. The molecular weight excluding hydrogens is 617 g/mol. The second-order valence-electron chi connectivity index (χ2n) is 12.4. The first-order valence-corrected chi connectivity index (χ1v) is 17.3. The lowest BCUT2D eigenvalue weighted by Crippen LogP contribution is -1.99. The van der Waals surface area contributed by atoms with E-state index >= 15 is 0 Å². The molecule has 10 rings (SSSR count). The molecule has 49 heavy (non-hydrogen) atoms. The molecule has 3 aromatic heterocycles. The molecule has 0 bridgehead atoms. The van der Waals surface area contributed by atoms with Gasteiger partial charge < -0.3 is 14.4 Å². The summed E-state index contributed by atoms with van der Waals surface area (Å²) in [6.45, 7) is 0. The van der Waals surface area contributed by atoms with Gasteiger partial charge in [0.1, 0.15) is 11.2 Å². The van der Waals surface area contributed by atoms with Crippen LogP contribution in [0.5, 0.6) is 0 Å². The number of nitrogens with one attached hydrogen (secondary N) is 1. The zero-order chi connectivity index (χ0) is 32.5. The van der Waals surface area contributed by atoms with E-state index in [1.165, 1.54) is 36.5 Å². The molecule has 0 atom stereocenters. The van der Waals surface area contributed by atoms with Crippen molar-refractivity contribution in [2.24, 2.45) is 0 Å². The SMILES string of the molecule is N=C(/C=C(\c1ccccc1)c1cccc(-n2c3ccccc3c3c4c5ccccc5oc4c4c5ccccc5sc4c32)c1)c1ccccc1. The van der Waals surface area contributed by atoms with E-state index in [9.17, 15) is 0 Å². The molecule has 0 aliphatic heterocycles. The number of aromatic nitrogens is 1. The fraction of sp³-hybridized carbons (Fsp3) is 0. The molecule has 0 radical (unpaired) electrons. The number of hydrogen-bond acceptors (Lipinski definition) is 3. The van der Waals surface area contributed by atoms with Crippen molar-refractivity contribution in [1.29, 1.82) is 5.41 Å². The molecule has 0 aliphatic carbocycles. The van der Waals surface area contributed by atoms with Gasteiger partial charge in [0.2, 0.25) is 0 Å². The van der Waals surface area contributed by atoms with Crippen LogP contribution >= 0.6 is 11.3 Å². The summed E-state index contributed by atoms with van der Waals surface area (Å²) in [5, 5.41) is 16.1. The fourth-order valence-corrected chi connectivity index (χ4v) is 8.73. The number of benzene rings is 7. The second kappa shape index (κ2) is 10.9. The lowest BCUT2D eigenvalue weighted by atomic mass is 9.94. The maximum absolute atomic E-state index is 9.05. The van der Waals surface area contributed by atoms with Crippen LogP contribution < -0.4 is 0 Å². The van der Waals surface area contributed by atoms with Crippen molar-refractivity contribution >= 4 is 86.5 Å². The highest BCUT2D eigenvalue weighted by Gasteiger charge is 2.25. The van der Waals surface area contributed by atoms with E-state index in [0.29, 0.717) is 5.71 Å². The van der Waals surface area contributed by atoms with Crippen molar-refractivity contribution in [3.05, 3.63) is 180 Å². The highest BCUT2D eigenvalue weighted by Crippen LogP contribution is 2.50. The number of thiophene rings is 1. The second-order valence-corrected chi connectivity index (χ2v) is 13.5. The third-order valence-electron chi connectivity index (χ3n) is 9.63. The van der Waals surface area contributed by atoms with Gasteiger partial charge in [-0.25, -0.2) is 0 Å². The molecule has 230 valence electrons. The smallest absolute Gasteiger partial charge is 0.145 e. The van der Waals surface area contributed by atoms with Gasteiger partial charge in [-0.3, -0.25) is 0 Å². The molecule has 0 aliphatic rings. The number of para-hydroxylation sites is 2. The first-order valence-electron chi connectivity index (χ1n) is 16.4. The lowest BCUT2D eigenvalue weighted by Gasteiger charge is -2.14. The standard InChI is InChI=1S/C45H28N2OS/c46-36(29-16-5-2-6-17-29)27-35(28-14-3-1-4-15-28)30-18-13-19-31(26-30)47-37-23-10-7-20-32(37)40-41-33-21-8-11-24-38(33)48-44(41)42-34-22-9-12-25-39(34)49-45(42)43(40)47/h1-27,46H/b35-27+,46-36?. The van der Waals surface area contributed by atoms with E-state index in [2.05, 4.69) is 126 Å². The van der Waals surface area contributed by atoms with E-state index in [-0.39, 0.29) is 0 Å². The molecule has 0 saturated carbocycles.